The minimum absolute atomic E-state index is 0. The summed E-state index contributed by atoms with van der Waals surface area (Å²) in [6.07, 6.45) is 0. The predicted molar refractivity (Wildman–Crippen MR) is 80.2 cm³/mol. The van der Waals surface area contributed by atoms with Gasteiger partial charge in [0, 0.05) is 35.6 Å². The summed E-state index contributed by atoms with van der Waals surface area (Å²) in [4.78, 5) is 0. The summed E-state index contributed by atoms with van der Waals surface area (Å²) in [5.74, 6) is 1.78. The molecule has 0 saturated carbocycles. The van der Waals surface area contributed by atoms with Crippen molar-refractivity contribution in [3.63, 3.8) is 0 Å². The van der Waals surface area contributed by atoms with Gasteiger partial charge in [-0.25, -0.2) is 3.63 Å². The molecule has 0 amide bonds. The molecule has 0 atom stereocenters. The molecule has 2 aromatic rings. The Morgan fingerprint density at radius 1 is 0.667 bits per heavy atom. The smallest absolute Gasteiger partial charge is 0.0461 e. The Morgan fingerprint density at radius 2 is 1.06 bits per heavy atom. The van der Waals surface area contributed by atoms with Gasteiger partial charge in [-0.15, -0.1) is 0 Å². The molecule has 0 aliphatic carbocycles. The van der Waals surface area contributed by atoms with E-state index >= 15 is 0 Å². The summed E-state index contributed by atoms with van der Waals surface area (Å²) in [5, 5.41) is 0. The lowest BCUT2D eigenvalue weighted by molar-refractivity contribution is 0.755. The van der Waals surface area contributed by atoms with Crippen molar-refractivity contribution in [1.82, 2.24) is 0 Å². The fourth-order valence-corrected chi connectivity index (χ4v) is 2.68. The van der Waals surface area contributed by atoms with Gasteiger partial charge in [0.2, 0.25) is 0 Å². The fraction of sp³-hybridized carbons (Fsp3) is 0.143. The van der Waals surface area contributed by atoms with Crippen LogP contribution >= 0.6 is 24.1 Å². The van der Waals surface area contributed by atoms with Gasteiger partial charge in [0.15, 0.2) is 0 Å². The molecule has 0 bridgehead atoms. The van der Waals surface area contributed by atoms with Crippen molar-refractivity contribution in [2.45, 2.75) is 11.5 Å². The Kier molecular flexibility index (Phi) is 7.60. The van der Waals surface area contributed by atoms with Gasteiger partial charge >= 0.3 is 0 Å². The fourth-order valence-electron chi connectivity index (χ4n) is 1.37. The monoisotopic (exact) mass is 280 g/mol. The van der Waals surface area contributed by atoms with Crippen LogP contribution in [0.5, 0.6) is 0 Å². The second-order valence-electron chi connectivity index (χ2n) is 3.56. The molecule has 0 aromatic heterocycles. The van der Waals surface area contributed by atoms with Gasteiger partial charge in [0.05, 0.1) is 0 Å². The summed E-state index contributed by atoms with van der Waals surface area (Å²) < 4.78 is 5.47. The van der Waals surface area contributed by atoms with E-state index < -0.39 is 0 Å². The molecule has 18 heavy (non-hydrogen) atoms. The van der Waals surface area contributed by atoms with E-state index in [-0.39, 0.29) is 5.48 Å². The average molecular weight is 280 g/mol. The molecular formula is C14H16O2S2. The quantitative estimate of drug-likeness (QED) is 0.595. The van der Waals surface area contributed by atoms with Crippen LogP contribution < -0.4 is 0 Å². The van der Waals surface area contributed by atoms with Gasteiger partial charge < -0.3 is 5.48 Å². The van der Waals surface area contributed by atoms with E-state index in [4.69, 9.17) is 3.63 Å². The third kappa shape index (κ3) is 5.60. The second-order valence-corrected chi connectivity index (χ2v) is 5.16. The lowest BCUT2D eigenvalue weighted by Gasteiger charge is -2.02. The van der Waals surface area contributed by atoms with Crippen LogP contribution in [0.25, 0.3) is 0 Å². The molecule has 0 aliphatic heterocycles. The Labute approximate surface area is 116 Å². The van der Waals surface area contributed by atoms with Crippen molar-refractivity contribution in [1.29, 1.82) is 0 Å². The van der Waals surface area contributed by atoms with Crippen LogP contribution in [0.3, 0.4) is 0 Å². The molecule has 0 heterocycles. The maximum atomic E-state index is 5.47. The van der Waals surface area contributed by atoms with Crippen molar-refractivity contribution in [3.05, 3.63) is 71.8 Å². The Balaban J connectivity index is 0.00000162. The van der Waals surface area contributed by atoms with E-state index in [1.807, 2.05) is 36.4 Å². The van der Waals surface area contributed by atoms with Gasteiger partial charge in [0.1, 0.15) is 0 Å². The van der Waals surface area contributed by atoms with Crippen LogP contribution in [0.15, 0.2) is 60.7 Å². The largest absolute Gasteiger partial charge is 0.412 e. The van der Waals surface area contributed by atoms with E-state index in [0.29, 0.717) is 0 Å². The molecule has 0 radical (unpaired) electrons. The van der Waals surface area contributed by atoms with E-state index in [0.717, 1.165) is 11.5 Å². The van der Waals surface area contributed by atoms with Gasteiger partial charge in [-0.1, -0.05) is 60.7 Å². The van der Waals surface area contributed by atoms with Crippen molar-refractivity contribution < 1.29 is 9.11 Å². The SMILES string of the molecule is O.c1ccc(CSOSCc2ccccc2)cc1. The molecule has 0 spiro atoms. The molecule has 0 aliphatic rings. The van der Waals surface area contributed by atoms with Crippen molar-refractivity contribution >= 4 is 24.1 Å². The highest BCUT2D eigenvalue weighted by Crippen LogP contribution is 2.22. The first kappa shape index (κ1) is 15.1. The summed E-state index contributed by atoms with van der Waals surface area (Å²) in [7, 11) is 0. The Morgan fingerprint density at radius 3 is 1.44 bits per heavy atom. The first-order valence-electron chi connectivity index (χ1n) is 5.44. The summed E-state index contributed by atoms with van der Waals surface area (Å²) in [6.45, 7) is 0. The normalized spacial score (nSPS) is 9.78. The summed E-state index contributed by atoms with van der Waals surface area (Å²) in [6, 6.07) is 20.7. The minimum Gasteiger partial charge on any atom is -0.412 e. The van der Waals surface area contributed by atoms with Gasteiger partial charge in [-0.3, -0.25) is 0 Å². The van der Waals surface area contributed by atoms with Crippen LogP contribution in [0, 0.1) is 0 Å². The molecular weight excluding hydrogens is 264 g/mol. The first-order chi connectivity index (χ1) is 8.45. The zero-order valence-corrected chi connectivity index (χ0v) is 11.5. The maximum absolute atomic E-state index is 5.47. The minimum atomic E-state index is 0. The molecule has 0 saturated heterocycles. The van der Waals surface area contributed by atoms with Crippen LogP contribution in [0.1, 0.15) is 11.1 Å². The predicted octanol–water partition coefficient (Wildman–Crippen LogP) is 3.88. The van der Waals surface area contributed by atoms with Gasteiger partial charge in [-0.05, 0) is 11.1 Å². The van der Waals surface area contributed by atoms with Crippen LogP contribution in [-0.2, 0) is 15.1 Å². The van der Waals surface area contributed by atoms with Crippen molar-refractivity contribution in [2.24, 2.45) is 0 Å². The number of rotatable bonds is 6. The third-order valence-electron chi connectivity index (χ3n) is 2.23. The maximum Gasteiger partial charge on any atom is 0.0461 e. The van der Waals surface area contributed by atoms with Crippen LogP contribution in [0.4, 0.5) is 0 Å². The van der Waals surface area contributed by atoms with Crippen LogP contribution in [0.2, 0.25) is 0 Å². The summed E-state index contributed by atoms with van der Waals surface area (Å²) in [5.41, 5.74) is 2.58. The lowest BCUT2D eigenvalue weighted by atomic mass is 10.2. The zero-order valence-electron chi connectivity index (χ0n) is 9.91. The molecule has 2 N–H and O–H groups in total. The third-order valence-corrected chi connectivity index (χ3v) is 3.91. The van der Waals surface area contributed by atoms with Gasteiger partial charge in [-0.2, -0.15) is 0 Å². The first-order valence-corrected chi connectivity index (χ1v) is 7.26. The number of hydrogen-bond donors (Lipinski definition) is 0. The molecule has 0 unspecified atom stereocenters. The van der Waals surface area contributed by atoms with E-state index in [2.05, 4.69) is 24.3 Å². The van der Waals surface area contributed by atoms with Crippen LogP contribution in [-0.4, -0.2) is 5.48 Å². The number of hydrogen-bond acceptors (Lipinski definition) is 3. The van der Waals surface area contributed by atoms with Crippen molar-refractivity contribution in [2.75, 3.05) is 0 Å². The molecule has 2 aromatic carbocycles. The Bertz CT molecular complexity index is 379. The highest BCUT2D eigenvalue weighted by molar-refractivity contribution is 8.07. The topological polar surface area (TPSA) is 40.7 Å². The molecule has 4 heteroatoms. The van der Waals surface area contributed by atoms with E-state index in [1.165, 1.54) is 35.2 Å². The highest BCUT2D eigenvalue weighted by atomic mass is 32.2. The Hall–Kier alpha value is -0.940. The second kappa shape index (κ2) is 9.05. The molecule has 96 valence electrons. The summed E-state index contributed by atoms with van der Waals surface area (Å²) >= 11 is 2.98. The average Bonchev–Trinajstić information content (AvgIpc) is 2.41. The standard InChI is InChI=1S/C14H14OS2.H2O/c1-3-7-13(8-4-1)11-16-15-17-12-14-9-5-2-6-10-14;/h1-10H,11-12H2;1H2. The highest BCUT2D eigenvalue weighted by Gasteiger charge is 1.95. The zero-order chi connectivity index (χ0) is 11.8. The number of benzene rings is 2. The van der Waals surface area contributed by atoms with E-state index in [1.54, 1.807) is 0 Å². The molecule has 0 fully saturated rings. The van der Waals surface area contributed by atoms with E-state index in [9.17, 15) is 0 Å². The van der Waals surface area contributed by atoms with Crippen molar-refractivity contribution in [3.8, 4) is 0 Å². The molecule has 2 rings (SSSR count). The van der Waals surface area contributed by atoms with Gasteiger partial charge in [0.25, 0.3) is 0 Å². The lowest BCUT2D eigenvalue weighted by Crippen LogP contribution is -1.80. The molecule has 2 nitrogen and oxygen atoms in total.